The van der Waals surface area contributed by atoms with Crippen LogP contribution in [0.3, 0.4) is 0 Å². The molecule has 43 heavy (non-hydrogen) atoms. The summed E-state index contributed by atoms with van der Waals surface area (Å²) >= 11 is 0. The van der Waals surface area contributed by atoms with Gasteiger partial charge in [0.05, 0.1) is 29.2 Å². The van der Waals surface area contributed by atoms with Gasteiger partial charge < -0.3 is 0 Å². The van der Waals surface area contributed by atoms with Gasteiger partial charge in [-0.2, -0.15) is 21.0 Å². The van der Waals surface area contributed by atoms with Crippen LogP contribution in [0.15, 0.2) is 29.2 Å². The number of hydrogen-bond donors (Lipinski definition) is 4. The second-order valence-electron chi connectivity index (χ2n) is 8.69. The molecule has 1 aromatic carbocycles. The highest BCUT2D eigenvalue weighted by molar-refractivity contribution is 8.23. The number of nitrogens with zero attached hydrogens (tertiary/aromatic N) is 4. The summed E-state index contributed by atoms with van der Waals surface area (Å²) in [5.74, 6) is 0. The molecule has 20 heteroatoms. The monoisotopic (exact) mass is 676 g/mol. The number of rotatable bonds is 21. The van der Waals surface area contributed by atoms with Crippen molar-refractivity contribution < 1.29 is 33.7 Å². The van der Waals surface area contributed by atoms with Gasteiger partial charge in [-0.1, -0.05) is 18.2 Å². The molecule has 0 radical (unpaired) electrons. The van der Waals surface area contributed by atoms with Crippen molar-refractivity contribution in [2.75, 3.05) is 26.2 Å². The van der Waals surface area contributed by atoms with Crippen molar-refractivity contribution in [2.45, 2.75) is 59.7 Å². The maximum atomic E-state index is 14.1. The van der Waals surface area contributed by atoms with Crippen LogP contribution in [0.2, 0.25) is 0 Å². The van der Waals surface area contributed by atoms with Crippen LogP contribution in [0.25, 0.3) is 0 Å². The van der Waals surface area contributed by atoms with E-state index in [1.54, 1.807) is 18.2 Å². The van der Waals surface area contributed by atoms with Gasteiger partial charge in [-0.3, -0.25) is 0 Å². The van der Waals surface area contributed by atoms with E-state index in [0.29, 0.717) is 0 Å². The van der Waals surface area contributed by atoms with E-state index in [-0.39, 0.29) is 57.9 Å². The molecule has 16 nitrogen and oxygen atoms in total. The fourth-order valence-corrected chi connectivity index (χ4v) is 12.9. The van der Waals surface area contributed by atoms with Crippen LogP contribution >= 0.6 is 0 Å². The van der Waals surface area contributed by atoms with E-state index in [1.807, 2.05) is 20.2 Å². The van der Waals surface area contributed by atoms with Crippen LogP contribution < -0.4 is 18.9 Å². The predicted molar refractivity (Wildman–Crippen MR) is 153 cm³/mol. The standard InChI is InChI=1S/C23H32N8O8S4/c24-13-3-7-17-28-40(32,33)22-12-2-1-11-21(22)23(41(34,35)29-18-8-4-14-25,42(36,37)30-19-9-5-15-26)43(38,39)31-20-10-6-16-27/h1-2,11-12,28-31H,3-10,17-20H2. The topological polar surface area (TPSA) is 280 Å². The van der Waals surface area contributed by atoms with Crippen molar-refractivity contribution in [3.63, 3.8) is 0 Å². The number of sulfonamides is 4. The Balaban J connectivity index is 4.18. The lowest BCUT2D eigenvalue weighted by atomic mass is 10.2. The highest BCUT2D eigenvalue weighted by atomic mass is 32.3. The van der Waals surface area contributed by atoms with E-state index in [9.17, 15) is 33.7 Å². The molecular weight excluding hydrogens is 645 g/mol. The van der Waals surface area contributed by atoms with E-state index in [1.165, 1.54) is 0 Å². The van der Waals surface area contributed by atoms with Gasteiger partial charge in [0, 0.05) is 57.4 Å². The average molecular weight is 677 g/mol. The predicted octanol–water partition coefficient (Wildman–Crippen LogP) is 0.0485. The van der Waals surface area contributed by atoms with E-state index < -0.39 is 73.6 Å². The Hall–Kier alpha value is -3.18. The van der Waals surface area contributed by atoms with Gasteiger partial charge in [-0.25, -0.2) is 52.6 Å². The second kappa shape index (κ2) is 17.2. The molecule has 0 aliphatic rings. The lowest BCUT2D eigenvalue weighted by Gasteiger charge is -2.34. The normalized spacial score (nSPS) is 12.5. The lowest BCUT2D eigenvalue weighted by molar-refractivity contribution is 0.530. The molecule has 0 aliphatic carbocycles. The zero-order valence-corrected chi connectivity index (χ0v) is 26.2. The number of benzene rings is 1. The third kappa shape index (κ3) is 9.40. The van der Waals surface area contributed by atoms with Crippen LogP contribution in [0.1, 0.15) is 56.9 Å². The first-order valence-electron chi connectivity index (χ1n) is 12.8. The molecule has 1 aromatic rings. The minimum atomic E-state index is -5.66. The fourth-order valence-electron chi connectivity index (χ4n) is 3.68. The summed E-state index contributed by atoms with van der Waals surface area (Å²) < 4.78 is 115. The fraction of sp³-hybridized carbons (Fsp3) is 0.565. The van der Waals surface area contributed by atoms with Crippen molar-refractivity contribution in [2.24, 2.45) is 0 Å². The molecule has 0 spiro atoms. The molecule has 0 bridgehead atoms. The Morgan fingerprint density at radius 3 is 1.21 bits per heavy atom. The Labute approximate surface area is 252 Å². The summed E-state index contributed by atoms with van der Waals surface area (Å²) in [5.41, 5.74) is -1.16. The number of nitriles is 4. The SMILES string of the molecule is N#CCCCNS(=O)(=O)c1ccccc1C(S(=O)(=O)NCCCC#N)(S(=O)(=O)NCCCC#N)S(=O)(=O)NCCCC#N. The van der Waals surface area contributed by atoms with E-state index in [2.05, 4.69) is 4.72 Å². The van der Waals surface area contributed by atoms with Crippen LogP contribution in [0.4, 0.5) is 0 Å². The van der Waals surface area contributed by atoms with Crippen molar-refractivity contribution in [3.05, 3.63) is 29.8 Å². The van der Waals surface area contributed by atoms with Crippen LogP contribution in [-0.4, -0.2) is 59.9 Å². The molecule has 4 N–H and O–H groups in total. The number of unbranched alkanes of at least 4 members (excludes halogenated alkanes) is 4. The molecule has 0 saturated heterocycles. The maximum absolute atomic E-state index is 14.1. The van der Waals surface area contributed by atoms with Gasteiger partial charge >= 0.3 is 3.41 Å². The minimum absolute atomic E-state index is 0.0410. The lowest BCUT2D eigenvalue weighted by Crippen LogP contribution is -2.62. The quantitative estimate of drug-likeness (QED) is 0.126. The molecular formula is C23H32N8O8S4. The van der Waals surface area contributed by atoms with E-state index in [4.69, 9.17) is 21.0 Å². The minimum Gasteiger partial charge on any atom is -0.212 e. The van der Waals surface area contributed by atoms with Gasteiger partial charge in [0.25, 0.3) is 30.1 Å². The van der Waals surface area contributed by atoms with Gasteiger partial charge in [-0.15, -0.1) is 0 Å². The molecule has 0 fully saturated rings. The van der Waals surface area contributed by atoms with Crippen molar-refractivity contribution in [3.8, 4) is 24.3 Å². The molecule has 0 aromatic heterocycles. The second-order valence-corrected chi connectivity index (χ2v) is 16.9. The summed E-state index contributed by atoms with van der Waals surface area (Å²) in [7, 11) is -21.8. The molecule has 0 unspecified atom stereocenters. The Kier molecular flexibility index (Phi) is 15.1. The molecule has 0 atom stereocenters. The molecule has 0 saturated carbocycles. The van der Waals surface area contributed by atoms with Crippen molar-refractivity contribution in [1.29, 1.82) is 21.0 Å². The number of hydrogen-bond acceptors (Lipinski definition) is 12. The number of nitrogens with one attached hydrogen (secondary N) is 4. The zero-order valence-electron chi connectivity index (χ0n) is 23.0. The third-order valence-electron chi connectivity index (χ3n) is 5.60. The maximum Gasteiger partial charge on any atom is 0.339 e. The average Bonchev–Trinajstić information content (AvgIpc) is 2.94. The molecule has 1 rings (SSSR count). The molecule has 236 valence electrons. The van der Waals surface area contributed by atoms with Gasteiger partial charge in [0.15, 0.2) is 0 Å². The Morgan fingerprint density at radius 1 is 0.535 bits per heavy atom. The first-order chi connectivity index (χ1) is 20.2. The van der Waals surface area contributed by atoms with Crippen LogP contribution in [0, 0.1) is 45.3 Å². The van der Waals surface area contributed by atoms with Crippen molar-refractivity contribution in [1.82, 2.24) is 18.9 Å². The van der Waals surface area contributed by atoms with Crippen LogP contribution in [-0.2, 0) is 43.5 Å². The van der Waals surface area contributed by atoms with E-state index in [0.717, 1.165) is 24.3 Å². The summed E-state index contributed by atoms with van der Waals surface area (Å²) in [6, 6.07) is 10.9. The Morgan fingerprint density at radius 2 is 0.860 bits per heavy atom. The van der Waals surface area contributed by atoms with Crippen molar-refractivity contribution >= 4 is 40.1 Å². The first-order valence-corrected chi connectivity index (χ1v) is 18.7. The largest absolute Gasteiger partial charge is 0.339 e. The smallest absolute Gasteiger partial charge is 0.212 e. The summed E-state index contributed by atoms with van der Waals surface area (Å²) in [4.78, 5) is -0.987. The molecule has 0 heterocycles. The Bertz CT molecular complexity index is 1570. The first kappa shape index (κ1) is 37.8. The summed E-state index contributed by atoms with van der Waals surface area (Å²) in [6.07, 6.45) is -0.953. The van der Waals surface area contributed by atoms with Gasteiger partial charge in [-0.05, 0) is 31.7 Å². The van der Waals surface area contributed by atoms with Gasteiger partial charge in [0.1, 0.15) is 0 Å². The van der Waals surface area contributed by atoms with Gasteiger partial charge in [0.2, 0.25) is 10.0 Å². The third-order valence-corrected chi connectivity index (χ3v) is 15.6. The zero-order chi connectivity index (χ0) is 32.6. The van der Waals surface area contributed by atoms with E-state index >= 15 is 0 Å². The highest BCUT2D eigenvalue weighted by Crippen LogP contribution is 2.43. The molecule has 0 amide bonds. The summed E-state index contributed by atoms with van der Waals surface area (Å²) in [6.45, 7) is -2.04. The molecule has 0 aliphatic heterocycles. The van der Waals surface area contributed by atoms with Crippen LogP contribution in [0.5, 0.6) is 0 Å². The summed E-state index contributed by atoms with van der Waals surface area (Å²) in [5, 5.41) is 35.2. The highest BCUT2D eigenvalue weighted by Gasteiger charge is 2.68.